The second-order valence-corrected chi connectivity index (χ2v) is 8.11. The van der Waals surface area contributed by atoms with Gasteiger partial charge < -0.3 is 19.6 Å². The number of hydrogen-bond acceptors (Lipinski definition) is 4. The Hall–Kier alpha value is -2.86. The predicted molar refractivity (Wildman–Crippen MR) is 115 cm³/mol. The van der Waals surface area contributed by atoms with Gasteiger partial charge >= 0.3 is 5.97 Å². The Bertz CT molecular complexity index is 890. The summed E-state index contributed by atoms with van der Waals surface area (Å²) in [6, 6.07) is 15.7. The van der Waals surface area contributed by atoms with Gasteiger partial charge in [-0.2, -0.15) is 0 Å². The second kappa shape index (κ2) is 9.30. The third-order valence-electron chi connectivity index (χ3n) is 5.96. The summed E-state index contributed by atoms with van der Waals surface area (Å²) in [6.45, 7) is 4.54. The lowest BCUT2D eigenvalue weighted by Gasteiger charge is -2.31. The molecule has 1 unspecified atom stereocenters. The molecule has 1 N–H and O–H groups in total. The molecule has 0 aliphatic carbocycles. The Morgan fingerprint density at radius 3 is 2.40 bits per heavy atom. The average Bonchev–Trinajstić information content (AvgIpc) is 3.23. The molecule has 6 nitrogen and oxygen atoms in total. The van der Waals surface area contributed by atoms with Gasteiger partial charge in [-0.3, -0.25) is 9.59 Å². The largest absolute Gasteiger partial charge is 0.481 e. The molecule has 0 bridgehead atoms. The molecule has 2 aromatic rings. The molecule has 0 spiro atoms. The standard InChI is InChI=1S/C24H28N2O4/c27-23(28)16-19-7-5-18(6-8-19)15-20-9-10-26(17-20)24(29)21-3-1-2-4-22(21)25-11-13-30-14-12-25/h1-8,20H,9-17H2,(H,27,28). The Labute approximate surface area is 177 Å². The Morgan fingerprint density at radius 1 is 0.967 bits per heavy atom. The molecule has 2 aliphatic rings. The van der Waals surface area contributed by atoms with E-state index >= 15 is 0 Å². The molecular weight excluding hydrogens is 380 g/mol. The minimum absolute atomic E-state index is 0.0501. The molecule has 1 atom stereocenters. The number of aliphatic carboxylic acids is 1. The molecule has 4 rings (SSSR count). The van der Waals surface area contributed by atoms with Crippen LogP contribution < -0.4 is 4.90 Å². The van der Waals surface area contributed by atoms with Crippen LogP contribution >= 0.6 is 0 Å². The van der Waals surface area contributed by atoms with Gasteiger partial charge in [-0.15, -0.1) is 0 Å². The summed E-state index contributed by atoms with van der Waals surface area (Å²) < 4.78 is 5.45. The highest BCUT2D eigenvalue weighted by Crippen LogP contribution is 2.27. The minimum atomic E-state index is -0.815. The predicted octanol–water partition coefficient (Wildman–Crippen LogP) is 2.86. The van der Waals surface area contributed by atoms with Gasteiger partial charge in [-0.05, 0) is 42.0 Å². The molecule has 0 radical (unpaired) electrons. The van der Waals surface area contributed by atoms with Gasteiger partial charge in [-0.1, -0.05) is 36.4 Å². The lowest BCUT2D eigenvalue weighted by atomic mass is 9.97. The van der Waals surface area contributed by atoms with Crippen LogP contribution in [0.1, 0.15) is 27.9 Å². The fourth-order valence-electron chi connectivity index (χ4n) is 4.39. The van der Waals surface area contributed by atoms with Crippen molar-refractivity contribution in [2.45, 2.75) is 19.3 Å². The summed E-state index contributed by atoms with van der Waals surface area (Å²) in [6.07, 6.45) is 1.94. The Balaban J connectivity index is 1.39. The molecule has 2 saturated heterocycles. The number of carboxylic acids is 1. The minimum Gasteiger partial charge on any atom is -0.481 e. The number of morpholine rings is 1. The molecular formula is C24H28N2O4. The maximum Gasteiger partial charge on any atom is 0.307 e. The van der Waals surface area contributed by atoms with E-state index in [2.05, 4.69) is 4.90 Å². The van der Waals surface area contributed by atoms with Crippen LogP contribution in [0, 0.1) is 5.92 Å². The molecule has 2 heterocycles. The van der Waals surface area contributed by atoms with Gasteiger partial charge in [0.1, 0.15) is 0 Å². The van der Waals surface area contributed by atoms with Crippen molar-refractivity contribution in [3.8, 4) is 0 Å². The van der Waals surface area contributed by atoms with Gasteiger partial charge in [0.05, 0.1) is 25.2 Å². The van der Waals surface area contributed by atoms with Crippen LogP contribution in [0.5, 0.6) is 0 Å². The summed E-state index contributed by atoms with van der Waals surface area (Å²) in [5.74, 6) is -0.281. The topological polar surface area (TPSA) is 70.1 Å². The molecule has 2 aromatic carbocycles. The fraction of sp³-hybridized carbons (Fsp3) is 0.417. The molecule has 6 heteroatoms. The molecule has 2 fully saturated rings. The molecule has 1 amide bonds. The number of carbonyl (C=O) groups excluding carboxylic acids is 1. The van der Waals surface area contributed by atoms with Crippen LogP contribution in [0.3, 0.4) is 0 Å². The molecule has 2 aliphatic heterocycles. The zero-order chi connectivity index (χ0) is 20.9. The van der Waals surface area contributed by atoms with Gasteiger partial charge in [-0.25, -0.2) is 0 Å². The van der Waals surface area contributed by atoms with E-state index in [1.807, 2.05) is 53.4 Å². The van der Waals surface area contributed by atoms with E-state index in [0.717, 1.165) is 55.8 Å². The van der Waals surface area contributed by atoms with E-state index in [1.165, 1.54) is 5.56 Å². The third kappa shape index (κ3) is 4.82. The zero-order valence-electron chi connectivity index (χ0n) is 17.1. The number of nitrogens with zero attached hydrogens (tertiary/aromatic N) is 2. The van der Waals surface area contributed by atoms with Crippen molar-refractivity contribution in [3.63, 3.8) is 0 Å². The lowest BCUT2D eigenvalue weighted by Crippen LogP contribution is -2.38. The molecule has 0 aromatic heterocycles. The first-order valence-corrected chi connectivity index (χ1v) is 10.6. The fourth-order valence-corrected chi connectivity index (χ4v) is 4.39. The smallest absolute Gasteiger partial charge is 0.307 e. The molecule has 30 heavy (non-hydrogen) atoms. The van der Waals surface area contributed by atoms with Crippen LogP contribution in [0.25, 0.3) is 0 Å². The highest BCUT2D eigenvalue weighted by molar-refractivity contribution is 6.00. The van der Waals surface area contributed by atoms with Crippen molar-refractivity contribution >= 4 is 17.6 Å². The number of para-hydroxylation sites is 1. The van der Waals surface area contributed by atoms with Gasteiger partial charge in [0.15, 0.2) is 0 Å². The van der Waals surface area contributed by atoms with Crippen molar-refractivity contribution in [3.05, 3.63) is 65.2 Å². The highest BCUT2D eigenvalue weighted by Gasteiger charge is 2.29. The first-order valence-electron chi connectivity index (χ1n) is 10.6. The van der Waals surface area contributed by atoms with E-state index in [-0.39, 0.29) is 12.3 Å². The van der Waals surface area contributed by atoms with E-state index in [9.17, 15) is 9.59 Å². The summed E-state index contributed by atoms with van der Waals surface area (Å²) >= 11 is 0. The van der Waals surface area contributed by atoms with Gasteiger partial charge in [0.25, 0.3) is 5.91 Å². The van der Waals surface area contributed by atoms with Crippen molar-refractivity contribution in [2.75, 3.05) is 44.3 Å². The number of anilines is 1. The number of benzene rings is 2. The highest BCUT2D eigenvalue weighted by atomic mass is 16.5. The normalized spacial score (nSPS) is 19.1. The number of hydrogen-bond donors (Lipinski definition) is 1. The second-order valence-electron chi connectivity index (χ2n) is 8.11. The first kappa shape index (κ1) is 20.4. The first-order chi connectivity index (χ1) is 14.6. The van der Waals surface area contributed by atoms with E-state index in [0.29, 0.717) is 19.1 Å². The zero-order valence-corrected chi connectivity index (χ0v) is 17.1. The van der Waals surface area contributed by atoms with E-state index in [1.54, 1.807) is 0 Å². The quantitative estimate of drug-likeness (QED) is 0.796. The maximum atomic E-state index is 13.3. The third-order valence-corrected chi connectivity index (χ3v) is 5.96. The van der Waals surface area contributed by atoms with Crippen molar-refractivity contribution in [1.82, 2.24) is 4.90 Å². The molecule has 0 saturated carbocycles. The van der Waals surface area contributed by atoms with Gasteiger partial charge in [0, 0.05) is 31.9 Å². The summed E-state index contributed by atoms with van der Waals surface area (Å²) in [5, 5.41) is 8.90. The van der Waals surface area contributed by atoms with Gasteiger partial charge in [0.2, 0.25) is 0 Å². The number of rotatable bonds is 6. The number of carbonyl (C=O) groups is 2. The van der Waals surface area contributed by atoms with Crippen LogP contribution in [-0.4, -0.2) is 61.3 Å². The SMILES string of the molecule is O=C(O)Cc1ccc(CC2CCN(C(=O)c3ccccc3N3CCOCC3)C2)cc1. The Kier molecular flexibility index (Phi) is 6.33. The Morgan fingerprint density at radius 2 is 1.67 bits per heavy atom. The van der Waals surface area contributed by atoms with E-state index < -0.39 is 5.97 Å². The van der Waals surface area contributed by atoms with Crippen molar-refractivity contribution in [1.29, 1.82) is 0 Å². The molecule has 158 valence electrons. The lowest BCUT2D eigenvalue weighted by molar-refractivity contribution is -0.136. The summed E-state index contributed by atoms with van der Waals surface area (Å²) in [5.41, 5.74) is 3.78. The maximum absolute atomic E-state index is 13.3. The monoisotopic (exact) mass is 408 g/mol. The van der Waals surface area contributed by atoms with E-state index in [4.69, 9.17) is 9.84 Å². The summed E-state index contributed by atoms with van der Waals surface area (Å²) in [7, 11) is 0. The average molecular weight is 408 g/mol. The van der Waals surface area contributed by atoms with Crippen LogP contribution in [0.4, 0.5) is 5.69 Å². The number of ether oxygens (including phenoxy) is 1. The van der Waals surface area contributed by atoms with Crippen LogP contribution in [-0.2, 0) is 22.4 Å². The van der Waals surface area contributed by atoms with Crippen LogP contribution in [0.2, 0.25) is 0 Å². The summed E-state index contributed by atoms with van der Waals surface area (Å²) in [4.78, 5) is 28.3. The number of carboxylic acid groups (broad SMARTS) is 1. The number of likely N-dealkylation sites (tertiary alicyclic amines) is 1. The van der Waals surface area contributed by atoms with Crippen LogP contribution in [0.15, 0.2) is 48.5 Å². The number of amides is 1. The van der Waals surface area contributed by atoms with Crippen molar-refractivity contribution in [2.24, 2.45) is 5.92 Å². The van der Waals surface area contributed by atoms with Crippen molar-refractivity contribution < 1.29 is 19.4 Å².